The van der Waals surface area contributed by atoms with Crippen molar-refractivity contribution < 1.29 is 35.3 Å². The molecule has 0 aliphatic carbocycles. The van der Waals surface area contributed by atoms with Crippen LogP contribution in [-0.4, -0.2) is 31.5 Å². The van der Waals surface area contributed by atoms with Gasteiger partial charge in [0.05, 0.1) is 11.3 Å². The number of nitrogens with zero attached hydrogens (tertiary/aromatic N) is 1. The van der Waals surface area contributed by atoms with Gasteiger partial charge in [0.1, 0.15) is 0 Å². The van der Waals surface area contributed by atoms with Crippen LogP contribution in [0.4, 0.5) is 13.2 Å². The molecule has 0 saturated heterocycles. The van der Waals surface area contributed by atoms with Gasteiger partial charge in [-0.2, -0.15) is 21.6 Å². The molecule has 22 heavy (non-hydrogen) atoms. The maximum absolute atomic E-state index is 12.5. The Hall–Kier alpha value is -1.88. The molecule has 0 amide bonds. The van der Waals surface area contributed by atoms with Gasteiger partial charge in [-0.15, -0.1) is 11.3 Å². The number of halogens is 3. The lowest BCUT2D eigenvalue weighted by molar-refractivity contribution is -0.0500. The second-order valence-electron chi connectivity index (χ2n) is 3.84. The number of thiophene rings is 1. The number of esters is 1. The highest BCUT2D eigenvalue weighted by Gasteiger charge is 2.49. The molecular weight excluding hydrogens is 347 g/mol. The summed E-state index contributed by atoms with van der Waals surface area (Å²) in [7, 11) is -5.90. The molecule has 0 saturated carbocycles. The molecule has 2 aromatic rings. The van der Waals surface area contributed by atoms with E-state index in [1.54, 1.807) is 0 Å². The van der Waals surface area contributed by atoms with Crippen molar-refractivity contribution in [2.75, 3.05) is 6.61 Å². The minimum atomic E-state index is -5.90. The van der Waals surface area contributed by atoms with Gasteiger partial charge in [0.2, 0.25) is 0 Å². The van der Waals surface area contributed by atoms with E-state index in [1.165, 1.54) is 25.4 Å². The topological polar surface area (TPSA) is 82.6 Å². The lowest BCUT2D eigenvalue weighted by Crippen LogP contribution is -2.28. The third-order valence-corrected chi connectivity index (χ3v) is 4.44. The van der Waals surface area contributed by atoms with Crippen LogP contribution >= 0.6 is 11.3 Å². The maximum atomic E-state index is 12.5. The Bertz CT molecular complexity index is 813. The number of carbonyl (C=O) groups excluding carboxylic acids is 1. The number of rotatable bonds is 4. The fourth-order valence-electron chi connectivity index (χ4n) is 1.50. The summed E-state index contributed by atoms with van der Waals surface area (Å²) in [5.74, 6) is -1.69. The molecule has 2 heterocycles. The van der Waals surface area contributed by atoms with Gasteiger partial charge in [-0.3, -0.25) is 4.98 Å². The maximum Gasteiger partial charge on any atom is 0.534 e. The summed E-state index contributed by atoms with van der Waals surface area (Å²) in [6, 6.07) is 1.25. The Kier molecular flexibility index (Phi) is 4.29. The van der Waals surface area contributed by atoms with Crippen LogP contribution in [0.25, 0.3) is 10.1 Å². The van der Waals surface area contributed by atoms with E-state index in [1.807, 2.05) is 0 Å². The van der Waals surface area contributed by atoms with Gasteiger partial charge in [0, 0.05) is 17.8 Å². The molecule has 0 bridgehead atoms. The van der Waals surface area contributed by atoms with Crippen molar-refractivity contribution in [2.45, 2.75) is 12.4 Å². The number of hydrogen-bond acceptors (Lipinski definition) is 7. The third kappa shape index (κ3) is 2.99. The molecule has 0 radical (unpaired) electrons. The van der Waals surface area contributed by atoms with Gasteiger partial charge in [0.25, 0.3) is 0 Å². The van der Waals surface area contributed by atoms with Crippen molar-refractivity contribution in [2.24, 2.45) is 0 Å². The number of alkyl halides is 3. The summed E-state index contributed by atoms with van der Waals surface area (Å²) in [4.78, 5) is 15.2. The number of pyridine rings is 1. The van der Waals surface area contributed by atoms with Crippen LogP contribution in [0.5, 0.6) is 5.75 Å². The summed E-state index contributed by atoms with van der Waals surface area (Å²) in [6.07, 6.45) is 2.51. The van der Waals surface area contributed by atoms with Crippen LogP contribution in [0.15, 0.2) is 18.5 Å². The highest BCUT2D eigenvalue weighted by Crippen LogP contribution is 2.40. The quantitative estimate of drug-likeness (QED) is 0.476. The Morgan fingerprint density at radius 2 is 2.09 bits per heavy atom. The predicted molar refractivity (Wildman–Crippen MR) is 71.2 cm³/mol. The normalized spacial score (nSPS) is 12.4. The summed E-state index contributed by atoms with van der Waals surface area (Å²) in [6.45, 7) is 1.47. The van der Waals surface area contributed by atoms with Crippen molar-refractivity contribution in [3.8, 4) is 5.75 Å². The first kappa shape index (κ1) is 16.5. The van der Waals surface area contributed by atoms with Crippen LogP contribution in [-0.2, 0) is 14.9 Å². The molecule has 0 atom stereocenters. The standard InChI is InChI=1S/C11H8F3NO5S2/c1-2-19-10(16)9-8(20-22(17,18)11(12,13)14)6-3-4-15-5-7(6)21-9/h3-5H,2H2,1H3. The fourth-order valence-corrected chi connectivity index (χ4v) is 3.03. The van der Waals surface area contributed by atoms with Gasteiger partial charge in [-0.05, 0) is 13.0 Å². The molecule has 0 aromatic carbocycles. The molecule has 11 heteroatoms. The second kappa shape index (κ2) is 5.72. The smallest absolute Gasteiger partial charge is 0.462 e. The summed E-state index contributed by atoms with van der Waals surface area (Å²) in [5, 5.41) is 0.0240. The number of hydrogen-bond donors (Lipinski definition) is 0. The van der Waals surface area contributed by atoms with E-state index in [-0.39, 0.29) is 21.6 Å². The molecule has 0 aliphatic heterocycles. The highest BCUT2D eigenvalue weighted by molar-refractivity contribution is 7.88. The summed E-state index contributed by atoms with van der Waals surface area (Å²) < 4.78 is 68.9. The Labute approximate surface area is 126 Å². The minimum Gasteiger partial charge on any atom is -0.462 e. The second-order valence-corrected chi connectivity index (χ2v) is 6.43. The number of fused-ring (bicyclic) bond motifs is 1. The first-order valence-electron chi connectivity index (χ1n) is 5.71. The van der Waals surface area contributed by atoms with Crippen molar-refractivity contribution in [3.63, 3.8) is 0 Å². The molecule has 2 rings (SSSR count). The summed E-state index contributed by atoms with van der Waals surface area (Å²) in [5.41, 5.74) is -5.61. The third-order valence-electron chi connectivity index (χ3n) is 2.38. The molecule has 0 N–H and O–H groups in total. The van der Waals surface area contributed by atoms with E-state index in [0.29, 0.717) is 0 Å². The molecule has 2 aromatic heterocycles. The zero-order chi connectivity index (χ0) is 16.5. The first-order chi connectivity index (χ1) is 10.2. The molecular formula is C11H8F3NO5S2. The van der Waals surface area contributed by atoms with E-state index < -0.39 is 27.3 Å². The van der Waals surface area contributed by atoms with E-state index in [2.05, 4.69) is 9.17 Å². The molecule has 120 valence electrons. The lowest BCUT2D eigenvalue weighted by Gasteiger charge is -2.10. The van der Waals surface area contributed by atoms with E-state index >= 15 is 0 Å². The average Bonchev–Trinajstić information content (AvgIpc) is 2.76. The van der Waals surface area contributed by atoms with Gasteiger partial charge < -0.3 is 8.92 Å². The van der Waals surface area contributed by atoms with E-state index in [9.17, 15) is 26.4 Å². The predicted octanol–water partition coefficient (Wildman–Crippen LogP) is 2.70. The van der Waals surface area contributed by atoms with Crippen LogP contribution in [0.2, 0.25) is 0 Å². The Morgan fingerprint density at radius 3 is 2.68 bits per heavy atom. The largest absolute Gasteiger partial charge is 0.534 e. The number of ether oxygens (including phenoxy) is 1. The molecule has 0 spiro atoms. The van der Waals surface area contributed by atoms with Crippen LogP contribution in [0.3, 0.4) is 0 Å². The Balaban J connectivity index is 2.60. The number of carbonyl (C=O) groups is 1. The molecule has 0 unspecified atom stereocenters. The SMILES string of the molecule is CCOC(=O)c1sc2cnccc2c1OS(=O)(=O)C(F)(F)F. The first-order valence-corrected chi connectivity index (χ1v) is 7.94. The van der Waals surface area contributed by atoms with Gasteiger partial charge in [-0.25, -0.2) is 4.79 Å². The van der Waals surface area contributed by atoms with Crippen molar-refractivity contribution in [1.29, 1.82) is 0 Å². The van der Waals surface area contributed by atoms with Gasteiger partial charge in [-0.1, -0.05) is 0 Å². The van der Waals surface area contributed by atoms with Crippen LogP contribution in [0.1, 0.15) is 16.6 Å². The van der Waals surface area contributed by atoms with Gasteiger partial charge in [0.15, 0.2) is 10.6 Å². The minimum absolute atomic E-state index is 0.0240. The average molecular weight is 355 g/mol. The Morgan fingerprint density at radius 1 is 1.41 bits per heavy atom. The highest BCUT2D eigenvalue weighted by atomic mass is 32.2. The molecule has 0 aliphatic rings. The summed E-state index contributed by atoms with van der Waals surface area (Å²) >= 11 is 0.729. The lowest BCUT2D eigenvalue weighted by atomic mass is 10.3. The molecule has 0 fully saturated rings. The van der Waals surface area contributed by atoms with Crippen LogP contribution < -0.4 is 4.18 Å². The monoisotopic (exact) mass is 355 g/mol. The van der Waals surface area contributed by atoms with Crippen molar-refractivity contribution >= 4 is 37.5 Å². The fraction of sp³-hybridized carbons (Fsp3) is 0.273. The zero-order valence-corrected chi connectivity index (χ0v) is 12.5. The molecule has 6 nitrogen and oxygen atoms in total. The number of aromatic nitrogens is 1. The van der Waals surface area contributed by atoms with Gasteiger partial charge >= 0.3 is 21.6 Å². The van der Waals surface area contributed by atoms with Crippen LogP contribution in [0, 0.1) is 0 Å². The van der Waals surface area contributed by atoms with E-state index in [0.717, 1.165) is 11.3 Å². The van der Waals surface area contributed by atoms with E-state index in [4.69, 9.17) is 4.74 Å². The van der Waals surface area contributed by atoms with Crippen molar-refractivity contribution in [3.05, 3.63) is 23.3 Å². The van der Waals surface area contributed by atoms with Crippen molar-refractivity contribution in [1.82, 2.24) is 4.98 Å². The zero-order valence-electron chi connectivity index (χ0n) is 10.9.